The topological polar surface area (TPSA) is 53.0 Å². The number of carbonyl (C=O) groups excluding carboxylic acids is 1. The molecule has 2 saturated heterocycles. The van der Waals surface area contributed by atoms with E-state index in [0.717, 1.165) is 57.8 Å². The van der Waals surface area contributed by atoms with Crippen molar-refractivity contribution < 1.29 is 14.6 Å². The van der Waals surface area contributed by atoms with E-state index in [4.69, 9.17) is 4.74 Å². The van der Waals surface area contributed by atoms with Gasteiger partial charge < -0.3 is 14.7 Å². The van der Waals surface area contributed by atoms with E-state index in [0.29, 0.717) is 17.5 Å². The van der Waals surface area contributed by atoms with Crippen molar-refractivity contribution in [1.82, 2.24) is 9.80 Å². The zero-order valence-corrected chi connectivity index (χ0v) is 14.7. The van der Waals surface area contributed by atoms with Gasteiger partial charge in [0.25, 0.3) is 5.91 Å². The Kier molecular flexibility index (Phi) is 5.41. The fraction of sp³-hybridized carbons (Fsp3) is 0.632. The molecule has 5 heteroatoms. The zero-order valence-electron chi connectivity index (χ0n) is 14.7. The summed E-state index contributed by atoms with van der Waals surface area (Å²) in [5.41, 5.74) is 1.42. The van der Waals surface area contributed by atoms with Crippen LogP contribution in [0.4, 0.5) is 0 Å². The number of aromatic hydroxyl groups is 1. The van der Waals surface area contributed by atoms with Crippen LogP contribution < -0.4 is 0 Å². The second kappa shape index (κ2) is 7.53. The first kappa shape index (κ1) is 17.2. The lowest BCUT2D eigenvalue weighted by Crippen LogP contribution is -2.49. The molecule has 24 heavy (non-hydrogen) atoms. The Morgan fingerprint density at radius 3 is 2.50 bits per heavy atom. The molecule has 0 radical (unpaired) electrons. The van der Waals surface area contributed by atoms with Crippen molar-refractivity contribution in [1.29, 1.82) is 0 Å². The monoisotopic (exact) mass is 332 g/mol. The third-order valence-corrected chi connectivity index (χ3v) is 5.57. The maximum absolute atomic E-state index is 12.7. The van der Waals surface area contributed by atoms with Crippen LogP contribution in [0.1, 0.15) is 35.7 Å². The van der Waals surface area contributed by atoms with E-state index in [1.807, 2.05) is 11.8 Å². The molecule has 2 aliphatic rings. The number of likely N-dealkylation sites (tertiary alicyclic amines) is 1. The quantitative estimate of drug-likeness (QED) is 0.923. The lowest BCUT2D eigenvalue weighted by atomic mass is 9.89. The molecule has 132 valence electrons. The minimum absolute atomic E-state index is 0.0792. The summed E-state index contributed by atoms with van der Waals surface area (Å²) in [5.74, 6) is 0.967. The summed E-state index contributed by atoms with van der Waals surface area (Å²) in [6.07, 6.45) is 2.11. The molecular formula is C19H28N2O3. The third-order valence-electron chi connectivity index (χ3n) is 5.57. The van der Waals surface area contributed by atoms with Crippen LogP contribution in [0.15, 0.2) is 18.2 Å². The number of carbonyl (C=O) groups is 1. The molecule has 1 unspecified atom stereocenters. The van der Waals surface area contributed by atoms with Crippen LogP contribution in [0.3, 0.4) is 0 Å². The summed E-state index contributed by atoms with van der Waals surface area (Å²) in [6, 6.07) is 5.66. The average molecular weight is 332 g/mol. The lowest BCUT2D eigenvalue weighted by Gasteiger charge is -2.41. The molecule has 1 N–H and O–H groups in total. The molecule has 1 amide bonds. The number of amides is 1. The van der Waals surface area contributed by atoms with Crippen LogP contribution in [0.2, 0.25) is 0 Å². The maximum Gasteiger partial charge on any atom is 0.253 e. The SMILES string of the molecule is Cc1cc(C(=O)N2CCC(C(C)N3CCOCC3)CC2)ccc1O. The average Bonchev–Trinajstić information content (AvgIpc) is 2.63. The summed E-state index contributed by atoms with van der Waals surface area (Å²) >= 11 is 0. The van der Waals surface area contributed by atoms with Gasteiger partial charge in [-0.2, -0.15) is 0 Å². The number of hydrogen-bond donors (Lipinski definition) is 1. The number of morpholine rings is 1. The second-order valence-corrected chi connectivity index (χ2v) is 7.02. The number of phenols is 1. The Morgan fingerprint density at radius 2 is 1.88 bits per heavy atom. The molecular weight excluding hydrogens is 304 g/mol. The largest absolute Gasteiger partial charge is 0.508 e. The number of aryl methyl sites for hydroxylation is 1. The minimum Gasteiger partial charge on any atom is -0.508 e. The van der Waals surface area contributed by atoms with Gasteiger partial charge in [0.05, 0.1) is 13.2 Å². The number of nitrogens with zero attached hydrogens (tertiary/aromatic N) is 2. The number of hydrogen-bond acceptors (Lipinski definition) is 4. The molecule has 0 aliphatic carbocycles. The number of ether oxygens (including phenoxy) is 1. The van der Waals surface area contributed by atoms with Crippen LogP contribution in [0, 0.1) is 12.8 Å². The van der Waals surface area contributed by atoms with Crippen molar-refractivity contribution in [3.05, 3.63) is 29.3 Å². The van der Waals surface area contributed by atoms with Gasteiger partial charge in [-0.3, -0.25) is 9.69 Å². The summed E-state index contributed by atoms with van der Waals surface area (Å²) in [6.45, 7) is 9.49. The molecule has 5 nitrogen and oxygen atoms in total. The van der Waals surface area contributed by atoms with Crippen LogP contribution >= 0.6 is 0 Å². The zero-order chi connectivity index (χ0) is 17.1. The van der Waals surface area contributed by atoms with Gasteiger partial charge in [-0.1, -0.05) is 0 Å². The highest BCUT2D eigenvalue weighted by atomic mass is 16.5. The lowest BCUT2D eigenvalue weighted by molar-refractivity contribution is -0.000951. The van der Waals surface area contributed by atoms with Crippen molar-refractivity contribution in [3.63, 3.8) is 0 Å². The molecule has 3 rings (SSSR count). The van der Waals surface area contributed by atoms with Crippen LogP contribution in [-0.2, 0) is 4.74 Å². The van der Waals surface area contributed by atoms with Crippen molar-refractivity contribution in [2.24, 2.45) is 5.92 Å². The summed E-state index contributed by atoms with van der Waals surface area (Å²) in [7, 11) is 0. The number of phenolic OH excluding ortho intramolecular Hbond substituents is 1. The number of rotatable bonds is 3. The predicted octanol–water partition coefficient (Wildman–Crippen LogP) is 2.27. The molecule has 0 spiro atoms. The van der Waals surface area contributed by atoms with Crippen molar-refractivity contribution >= 4 is 5.91 Å². The third kappa shape index (κ3) is 3.73. The van der Waals surface area contributed by atoms with E-state index < -0.39 is 0 Å². The van der Waals surface area contributed by atoms with Crippen LogP contribution in [0.25, 0.3) is 0 Å². The summed E-state index contributed by atoms with van der Waals surface area (Å²) in [5, 5.41) is 9.62. The van der Waals surface area contributed by atoms with E-state index in [9.17, 15) is 9.90 Å². The highest BCUT2D eigenvalue weighted by Crippen LogP contribution is 2.26. The first-order chi connectivity index (χ1) is 11.6. The predicted molar refractivity (Wildman–Crippen MR) is 93.3 cm³/mol. The molecule has 1 aromatic rings. The van der Waals surface area contributed by atoms with Gasteiger partial charge in [0.2, 0.25) is 0 Å². The molecule has 0 aromatic heterocycles. The second-order valence-electron chi connectivity index (χ2n) is 7.02. The standard InChI is InChI=1S/C19H28N2O3/c1-14-13-17(3-4-18(14)22)19(23)21-7-5-16(6-8-21)15(2)20-9-11-24-12-10-20/h3-4,13,15-16,22H,5-12H2,1-2H3. The number of piperidine rings is 1. The Labute approximate surface area is 144 Å². The Morgan fingerprint density at radius 1 is 1.21 bits per heavy atom. The number of benzene rings is 1. The molecule has 1 atom stereocenters. The molecule has 2 fully saturated rings. The van der Waals surface area contributed by atoms with Crippen molar-refractivity contribution in [3.8, 4) is 5.75 Å². The highest BCUT2D eigenvalue weighted by molar-refractivity contribution is 5.94. The first-order valence-corrected chi connectivity index (χ1v) is 8.97. The van der Waals surface area contributed by atoms with E-state index in [-0.39, 0.29) is 11.7 Å². The smallest absolute Gasteiger partial charge is 0.253 e. The van der Waals surface area contributed by atoms with Gasteiger partial charge in [-0.05, 0) is 56.4 Å². The van der Waals surface area contributed by atoms with E-state index >= 15 is 0 Å². The molecule has 1 aromatic carbocycles. The summed E-state index contributed by atoms with van der Waals surface area (Å²) in [4.78, 5) is 17.1. The Hall–Kier alpha value is -1.59. The molecule has 0 saturated carbocycles. The van der Waals surface area contributed by atoms with Gasteiger partial charge >= 0.3 is 0 Å². The van der Waals surface area contributed by atoms with E-state index in [1.165, 1.54) is 0 Å². The highest BCUT2D eigenvalue weighted by Gasteiger charge is 2.30. The summed E-state index contributed by atoms with van der Waals surface area (Å²) < 4.78 is 5.44. The van der Waals surface area contributed by atoms with Gasteiger partial charge in [0, 0.05) is 37.8 Å². The Bertz CT molecular complexity index is 576. The van der Waals surface area contributed by atoms with Crippen LogP contribution in [-0.4, -0.2) is 66.2 Å². The maximum atomic E-state index is 12.7. The molecule has 0 bridgehead atoms. The first-order valence-electron chi connectivity index (χ1n) is 8.97. The fourth-order valence-electron chi connectivity index (χ4n) is 3.84. The van der Waals surface area contributed by atoms with Gasteiger partial charge in [0.1, 0.15) is 5.75 Å². The van der Waals surface area contributed by atoms with E-state index in [2.05, 4.69) is 11.8 Å². The fourth-order valence-corrected chi connectivity index (χ4v) is 3.84. The molecule has 2 aliphatic heterocycles. The van der Waals surface area contributed by atoms with Gasteiger partial charge in [-0.15, -0.1) is 0 Å². The van der Waals surface area contributed by atoms with Gasteiger partial charge in [0.15, 0.2) is 0 Å². The normalized spacial score (nSPS) is 21.7. The van der Waals surface area contributed by atoms with E-state index in [1.54, 1.807) is 18.2 Å². The van der Waals surface area contributed by atoms with Gasteiger partial charge in [-0.25, -0.2) is 0 Å². The molecule has 2 heterocycles. The Balaban J connectivity index is 1.56. The minimum atomic E-state index is 0.0792. The van der Waals surface area contributed by atoms with Crippen molar-refractivity contribution in [2.45, 2.75) is 32.7 Å². The van der Waals surface area contributed by atoms with Crippen molar-refractivity contribution in [2.75, 3.05) is 39.4 Å². The van der Waals surface area contributed by atoms with Crippen LogP contribution in [0.5, 0.6) is 5.75 Å².